The Hall–Kier alpha value is -2.40. The van der Waals surface area contributed by atoms with Crippen LogP contribution in [-0.4, -0.2) is 26.8 Å². The number of rotatable bonds is 6. The van der Waals surface area contributed by atoms with Crippen LogP contribution in [0.2, 0.25) is 10.3 Å². The van der Waals surface area contributed by atoms with Crippen LogP contribution >= 0.6 is 23.2 Å². The third kappa shape index (κ3) is 4.90. The second-order valence-electron chi connectivity index (χ2n) is 5.30. The van der Waals surface area contributed by atoms with Crippen LogP contribution in [0.25, 0.3) is 0 Å². The van der Waals surface area contributed by atoms with Gasteiger partial charge in [0.15, 0.2) is 0 Å². The molecular weight excluding hydrogens is 449 g/mol. The van der Waals surface area contributed by atoms with Gasteiger partial charge in [-0.3, -0.25) is 4.72 Å². The van der Waals surface area contributed by atoms with Crippen molar-refractivity contribution in [2.45, 2.75) is 9.79 Å². The van der Waals surface area contributed by atoms with E-state index < -0.39 is 20.1 Å². The number of halogens is 2. The van der Waals surface area contributed by atoms with Crippen molar-refractivity contribution in [3.63, 3.8) is 0 Å². The number of anilines is 1. The summed E-state index contributed by atoms with van der Waals surface area (Å²) in [4.78, 5) is 7.17. The highest BCUT2D eigenvalue weighted by Crippen LogP contribution is 2.23. The Labute approximate surface area is 171 Å². The average Bonchev–Trinajstić information content (AvgIpc) is 2.64. The molecule has 0 radical (unpaired) electrons. The molecule has 0 bridgehead atoms. The molecule has 1 aromatic carbocycles. The van der Waals surface area contributed by atoms with Gasteiger partial charge in [-0.05, 0) is 48.5 Å². The van der Waals surface area contributed by atoms with E-state index >= 15 is 0 Å². The van der Waals surface area contributed by atoms with Gasteiger partial charge in [0, 0.05) is 11.9 Å². The molecule has 146 valence electrons. The average molecular weight is 460 g/mol. The zero-order chi connectivity index (χ0) is 20.4. The molecule has 3 rings (SSSR count). The maximum Gasteiger partial charge on any atom is 0.340 e. The molecule has 12 heteroatoms. The molecular formula is C16H11Cl2N3O5S2. The molecule has 2 aromatic heterocycles. The number of pyridine rings is 2. The zero-order valence-electron chi connectivity index (χ0n) is 13.8. The van der Waals surface area contributed by atoms with E-state index in [2.05, 4.69) is 14.7 Å². The predicted molar refractivity (Wildman–Crippen MR) is 104 cm³/mol. The van der Waals surface area contributed by atoms with Gasteiger partial charge in [0.1, 0.15) is 25.8 Å². The van der Waals surface area contributed by atoms with Crippen LogP contribution in [0, 0.1) is 0 Å². The van der Waals surface area contributed by atoms with Crippen molar-refractivity contribution in [1.29, 1.82) is 0 Å². The lowest BCUT2D eigenvalue weighted by Crippen LogP contribution is -2.13. The molecule has 0 amide bonds. The van der Waals surface area contributed by atoms with Gasteiger partial charge in [-0.2, -0.15) is 8.42 Å². The van der Waals surface area contributed by atoms with E-state index in [4.69, 9.17) is 27.4 Å². The summed E-state index contributed by atoms with van der Waals surface area (Å²) < 4.78 is 56.3. The predicted octanol–water partition coefficient (Wildman–Crippen LogP) is 3.35. The highest BCUT2D eigenvalue weighted by Gasteiger charge is 2.18. The third-order valence-corrected chi connectivity index (χ3v) is 6.36. The minimum Gasteiger partial charge on any atom is -0.379 e. The van der Waals surface area contributed by atoms with Gasteiger partial charge >= 0.3 is 10.1 Å². The molecule has 0 saturated heterocycles. The summed E-state index contributed by atoms with van der Waals surface area (Å²) >= 11 is 11.3. The van der Waals surface area contributed by atoms with Crippen molar-refractivity contribution in [2.75, 3.05) is 4.72 Å². The molecule has 3 aromatic rings. The third-order valence-electron chi connectivity index (χ3n) is 3.31. The number of hydrogen-bond donors (Lipinski definition) is 1. The lowest BCUT2D eigenvalue weighted by molar-refractivity contribution is 0.485. The summed E-state index contributed by atoms with van der Waals surface area (Å²) in [6, 6.07) is 10.6. The SMILES string of the molecule is O=S(=O)(Nc1ccc(OS(=O)(=O)c2ccc(Cl)nc2)cc1)c1ccc(Cl)nc1. The lowest BCUT2D eigenvalue weighted by Gasteiger charge is -2.10. The van der Waals surface area contributed by atoms with Crippen LogP contribution in [-0.2, 0) is 20.1 Å². The number of sulfonamides is 1. The van der Waals surface area contributed by atoms with E-state index in [1.165, 1.54) is 48.5 Å². The van der Waals surface area contributed by atoms with E-state index in [1.54, 1.807) is 0 Å². The van der Waals surface area contributed by atoms with Gasteiger partial charge in [0.05, 0.1) is 6.20 Å². The molecule has 0 aliphatic carbocycles. The number of benzene rings is 1. The summed E-state index contributed by atoms with van der Waals surface area (Å²) in [5, 5.41) is 0.309. The summed E-state index contributed by atoms with van der Waals surface area (Å²) in [5.74, 6) is -0.00828. The van der Waals surface area contributed by atoms with Crippen LogP contribution in [0.4, 0.5) is 5.69 Å². The molecule has 0 fully saturated rings. The second-order valence-corrected chi connectivity index (χ2v) is 9.30. The summed E-state index contributed by atoms with van der Waals surface area (Å²) in [6.45, 7) is 0. The highest BCUT2D eigenvalue weighted by atomic mass is 35.5. The van der Waals surface area contributed by atoms with Gasteiger partial charge in [-0.15, -0.1) is 0 Å². The van der Waals surface area contributed by atoms with Crippen molar-refractivity contribution >= 4 is 49.0 Å². The number of aromatic nitrogens is 2. The summed E-state index contributed by atoms with van der Waals surface area (Å²) in [7, 11) is -7.98. The van der Waals surface area contributed by atoms with Crippen molar-refractivity contribution < 1.29 is 21.0 Å². The molecule has 0 spiro atoms. The molecule has 8 nitrogen and oxygen atoms in total. The highest BCUT2D eigenvalue weighted by molar-refractivity contribution is 7.92. The van der Waals surface area contributed by atoms with E-state index in [0.29, 0.717) is 0 Å². The Morgan fingerprint density at radius 2 is 1.29 bits per heavy atom. The van der Waals surface area contributed by atoms with E-state index in [9.17, 15) is 16.8 Å². The molecule has 2 heterocycles. The first-order valence-electron chi connectivity index (χ1n) is 7.46. The molecule has 0 unspecified atom stereocenters. The van der Waals surface area contributed by atoms with E-state index in [0.717, 1.165) is 12.4 Å². The fraction of sp³-hybridized carbons (Fsp3) is 0. The first-order chi connectivity index (χ1) is 13.2. The number of hydrogen-bond acceptors (Lipinski definition) is 7. The molecule has 0 aliphatic heterocycles. The van der Waals surface area contributed by atoms with Gasteiger partial charge in [-0.1, -0.05) is 23.2 Å². The van der Waals surface area contributed by atoms with Crippen LogP contribution < -0.4 is 8.91 Å². The van der Waals surface area contributed by atoms with Crippen LogP contribution in [0.1, 0.15) is 0 Å². The maximum atomic E-state index is 12.3. The first-order valence-corrected chi connectivity index (χ1v) is 11.1. The minimum atomic E-state index is -4.11. The van der Waals surface area contributed by atoms with Crippen LogP contribution in [0.15, 0.2) is 70.7 Å². The summed E-state index contributed by atoms with van der Waals surface area (Å²) in [5.41, 5.74) is 0.202. The van der Waals surface area contributed by atoms with E-state index in [1.807, 2.05) is 0 Å². The summed E-state index contributed by atoms with van der Waals surface area (Å²) in [6.07, 6.45) is 2.19. The first kappa shape index (κ1) is 20.3. The van der Waals surface area contributed by atoms with Crippen LogP contribution in [0.3, 0.4) is 0 Å². The van der Waals surface area contributed by atoms with Gasteiger partial charge in [0.25, 0.3) is 10.0 Å². The zero-order valence-corrected chi connectivity index (χ0v) is 16.9. The smallest absolute Gasteiger partial charge is 0.340 e. The molecule has 0 saturated carbocycles. The van der Waals surface area contributed by atoms with Crippen molar-refractivity contribution in [2.24, 2.45) is 0 Å². The van der Waals surface area contributed by atoms with Gasteiger partial charge in [0.2, 0.25) is 0 Å². The van der Waals surface area contributed by atoms with Crippen LogP contribution in [0.5, 0.6) is 5.75 Å². The Bertz CT molecular complexity index is 1090. The number of nitrogens with zero attached hydrogens (tertiary/aromatic N) is 2. The fourth-order valence-corrected chi connectivity index (χ4v) is 4.10. The molecule has 1 N–H and O–H groups in total. The van der Waals surface area contributed by atoms with Crippen molar-refractivity contribution in [3.05, 3.63) is 71.2 Å². The molecule has 0 atom stereocenters. The van der Waals surface area contributed by atoms with Gasteiger partial charge in [-0.25, -0.2) is 18.4 Å². The quantitative estimate of drug-likeness (QED) is 0.443. The van der Waals surface area contributed by atoms with Gasteiger partial charge < -0.3 is 4.18 Å². The largest absolute Gasteiger partial charge is 0.379 e. The standard InChI is InChI=1S/C16H11Cl2N3O5S2/c17-15-7-5-13(9-19-15)27(22,23)21-11-1-3-12(4-2-11)26-28(24,25)14-6-8-16(18)20-10-14/h1-10,21H. The Balaban J connectivity index is 1.74. The van der Waals surface area contributed by atoms with Crippen molar-refractivity contribution in [1.82, 2.24) is 9.97 Å². The number of nitrogens with one attached hydrogen (secondary N) is 1. The topological polar surface area (TPSA) is 115 Å². The monoisotopic (exact) mass is 459 g/mol. The second kappa shape index (κ2) is 7.92. The Morgan fingerprint density at radius 3 is 1.79 bits per heavy atom. The maximum absolute atomic E-state index is 12.3. The van der Waals surface area contributed by atoms with Crippen molar-refractivity contribution in [3.8, 4) is 5.75 Å². The normalized spacial score (nSPS) is 11.8. The minimum absolute atomic E-state index is 0.00828. The Kier molecular flexibility index (Phi) is 5.75. The lowest BCUT2D eigenvalue weighted by atomic mass is 10.3. The fourth-order valence-electron chi connectivity index (χ4n) is 2.00. The molecule has 0 aliphatic rings. The Morgan fingerprint density at radius 1 is 0.750 bits per heavy atom. The molecule has 28 heavy (non-hydrogen) atoms. The van der Waals surface area contributed by atoms with E-state index in [-0.39, 0.29) is 31.5 Å².